The average molecular weight is 216 g/mol. The first-order valence-corrected chi connectivity index (χ1v) is 5.46. The normalized spacial score (nSPS) is 13.7. The Morgan fingerprint density at radius 2 is 2.13 bits per heavy atom. The molecule has 0 fully saturated rings. The Kier molecular flexibility index (Phi) is 6.52. The molecule has 0 saturated carbocycles. The molecule has 0 rings (SSSR count). The number of hydrogen-bond donors (Lipinski definition) is 2. The third kappa shape index (κ3) is 6.47. The highest BCUT2D eigenvalue weighted by molar-refractivity contribution is 5.78. The molecule has 15 heavy (non-hydrogen) atoms. The maximum Gasteiger partial charge on any atom is 0.222 e. The van der Waals surface area contributed by atoms with Gasteiger partial charge in [0.2, 0.25) is 5.91 Å². The van der Waals surface area contributed by atoms with E-state index in [1.54, 1.807) is 7.11 Å². The minimum atomic E-state index is -0.302. The molecule has 0 heterocycles. The molecule has 0 spiro atoms. The first kappa shape index (κ1) is 14.4. The van der Waals surface area contributed by atoms with Crippen molar-refractivity contribution in [2.75, 3.05) is 20.2 Å². The lowest BCUT2D eigenvalue weighted by Crippen LogP contribution is -2.41. The Morgan fingerprint density at radius 3 is 2.60 bits per heavy atom. The number of ether oxygens (including phenoxy) is 1. The number of amides is 1. The van der Waals surface area contributed by atoms with E-state index in [-0.39, 0.29) is 17.4 Å². The fraction of sp³-hybridized carbons (Fsp3) is 0.909. The van der Waals surface area contributed by atoms with Gasteiger partial charge in [-0.1, -0.05) is 6.92 Å². The molecule has 0 aliphatic heterocycles. The number of rotatable bonds is 7. The Labute approximate surface area is 92.6 Å². The van der Waals surface area contributed by atoms with Crippen LogP contribution in [0.25, 0.3) is 0 Å². The lowest BCUT2D eigenvalue weighted by atomic mass is 10.0. The lowest BCUT2D eigenvalue weighted by molar-refractivity contribution is -0.126. The zero-order chi connectivity index (χ0) is 11.9. The quantitative estimate of drug-likeness (QED) is 0.664. The maximum absolute atomic E-state index is 11.6. The first-order chi connectivity index (χ1) is 6.93. The van der Waals surface area contributed by atoms with Crippen LogP contribution in [0.3, 0.4) is 0 Å². The monoisotopic (exact) mass is 216 g/mol. The van der Waals surface area contributed by atoms with E-state index in [2.05, 4.69) is 5.32 Å². The van der Waals surface area contributed by atoms with E-state index < -0.39 is 0 Å². The van der Waals surface area contributed by atoms with Crippen molar-refractivity contribution in [2.24, 2.45) is 11.7 Å². The molecule has 0 aromatic heterocycles. The van der Waals surface area contributed by atoms with Gasteiger partial charge >= 0.3 is 0 Å². The van der Waals surface area contributed by atoms with Crippen LogP contribution in [0, 0.1) is 5.92 Å². The Hall–Kier alpha value is -0.610. The van der Waals surface area contributed by atoms with E-state index in [4.69, 9.17) is 10.5 Å². The summed E-state index contributed by atoms with van der Waals surface area (Å²) in [6.07, 6.45) is 1.73. The molecule has 0 radical (unpaired) electrons. The highest BCUT2D eigenvalue weighted by atomic mass is 16.5. The van der Waals surface area contributed by atoms with Crippen LogP contribution in [0.1, 0.15) is 33.6 Å². The maximum atomic E-state index is 11.6. The number of carbonyl (C=O) groups is 1. The van der Waals surface area contributed by atoms with E-state index in [0.29, 0.717) is 13.1 Å². The van der Waals surface area contributed by atoms with E-state index in [1.165, 1.54) is 0 Å². The molecule has 0 saturated heterocycles. The topological polar surface area (TPSA) is 64.3 Å². The van der Waals surface area contributed by atoms with Crippen molar-refractivity contribution >= 4 is 5.91 Å². The van der Waals surface area contributed by atoms with Gasteiger partial charge in [0.1, 0.15) is 0 Å². The van der Waals surface area contributed by atoms with Gasteiger partial charge in [-0.05, 0) is 33.2 Å². The van der Waals surface area contributed by atoms with Gasteiger partial charge in [0.05, 0.1) is 5.60 Å². The second-order valence-electron chi connectivity index (χ2n) is 4.51. The van der Waals surface area contributed by atoms with Gasteiger partial charge in [-0.2, -0.15) is 0 Å². The number of nitrogens with one attached hydrogen (secondary N) is 1. The summed E-state index contributed by atoms with van der Waals surface area (Å²) in [6.45, 7) is 6.98. The molecule has 0 aromatic rings. The standard InChI is InChI=1S/C11H24N2O2/c1-9(6-5-7-12)10(14)13-8-11(2,3)15-4/h9H,5-8,12H2,1-4H3,(H,13,14). The molecular formula is C11H24N2O2. The SMILES string of the molecule is COC(C)(C)CNC(=O)C(C)CCCN. The minimum absolute atomic E-state index is 0.0289. The fourth-order valence-electron chi connectivity index (χ4n) is 1.10. The second-order valence-corrected chi connectivity index (χ2v) is 4.51. The fourth-order valence-corrected chi connectivity index (χ4v) is 1.10. The van der Waals surface area contributed by atoms with E-state index in [9.17, 15) is 4.79 Å². The molecule has 0 bridgehead atoms. The van der Waals surface area contributed by atoms with Crippen molar-refractivity contribution in [3.63, 3.8) is 0 Å². The van der Waals surface area contributed by atoms with Gasteiger partial charge in [0, 0.05) is 19.6 Å². The van der Waals surface area contributed by atoms with Crippen molar-refractivity contribution in [3.8, 4) is 0 Å². The molecule has 4 heteroatoms. The van der Waals surface area contributed by atoms with Crippen LogP contribution < -0.4 is 11.1 Å². The van der Waals surface area contributed by atoms with Crippen LogP contribution >= 0.6 is 0 Å². The first-order valence-electron chi connectivity index (χ1n) is 5.46. The summed E-state index contributed by atoms with van der Waals surface area (Å²) < 4.78 is 5.21. The van der Waals surface area contributed by atoms with Crippen molar-refractivity contribution in [3.05, 3.63) is 0 Å². The number of hydrogen-bond acceptors (Lipinski definition) is 3. The van der Waals surface area contributed by atoms with Crippen molar-refractivity contribution in [1.82, 2.24) is 5.32 Å². The average Bonchev–Trinajstić information content (AvgIpc) is 2.22. The summed E-state index contributed by atoms with van der Waals surface area (Å²) in [5.74, 6) is 0.106. The zero-order valence-electron chi connectivity index (χ0n) is 10.3. The van der Waals surface area contributed by atoms with E-state index in [1.807, 2.05) is 20.8 Å². The predicted octanol–water partition coefficient (Wildman–Crippen LogP) is 0.903. The third-order valence-corrected chi connectivity index (χ3v) is 2.53. The van der Waals surface area contributed by atoms with Crippen LogP contribution in [-0.4, -0.2) is 31.7 Å². The van der Waals surface area contributed by atoms with Gasteiger partial charge in [-0.3, -0.25) is 4.79 Å². The molecule has 4 nitrogen and oxygen atoms in total. The van der Waals surface area contributed by atoms with Gasteiger partial charge < -0.3 is 15.8 Å². The van der Waals surface area contributed by atoms with E-state index in [0.717, 1.165) is 12.8 Å². The molecule has 90 valence electrons. The van der Waals surface area contributed by atoms with Gasteiger partial charge in [-0.15, -0.1) is 0 Å². The third-order valence-electron chi connectivity index (χ3n) is 2.53. The van der Waals surface area contributed by atoms with Gasteiger partial charge in [0.25, 0.3) is 0 Å². The Balaban J connectivity index is 3.82. The van der Waals surface area contributed by atoms with Crippen LogP contribution in [0.2, 0.25) is 0 Å². The van der Waals surface area contributed by atoms with E-state index >= 15 is 0 Å². The number of nitrogens with two attached hydrogens (primary N) is 1. The molecule has 1 atom stereocenters. The largest absolute Gasteiger partial charge is 0.377 e. The van der Waals surface area contributed by atoms with Crippen LogP contribution in [-0.2, 0) is 9.53 Å². The summed E-state index contributed by atoms with van der Waals surface area (Å²) in [4.78, 5) is 11.6. The van der Waals surface area contributed by atoms with Gasteiger partial charge in [0.15, 0.2) is 0 Å². The van der Waals surface area contributed by atoms with Crippen molar-refractivity contribution in [2.45, 2.75) is 39.2 Å². The molecular weight excluding hydrogens is 192 g/mol. The Bertz CT molecular complexity index is 193. The summed E-state index contributed by atoms with van der Waals surface area (Å²) in [5, 5.41) is 2.88. The summed E-state index contributed by atoms with van der Waals surface area (Å²) >= 11 is 0. The second kappa shape index (κ2) is 6.80. The minimum Gasteiger partial charge on any atom is -0.377 e. The molecule has 0 aromatic carbocycles. The summed E-state index contributed by atoms with van der Waals surface area (Å²) in [6, 6.07) is 0. The molecule has 0 aliphatic rings. The molecule has 1 amide bonds. The molecule has 3 N–H and O–H groups in total. The van der Waals surface area contributed by atoms with Crippen LogP contribution in [0.15, 0.2) is 0 Å². The summed E-state index contributed by atoms with van der Waals surface area (Å²) in [7, 11) is 1.64. The zero-order valence-corrected chi connectivity index (χ0v) is 10.3. The van der Waals surface area contributed by atoms with Crippen molar-refractivity contribution in [1.29, 1.82) is 0 Å². The number of carbonyl (C=O) groups excluding carboxylic acids is 1. The summed E-state index contributed by atoms with van der Waals surface area (Å²) in [5.41, 5.74) is 5.09. The number of methoxy groups -OCH3 is 1. The highest BCUT2D eigenvalue weighted by Crippen LogP contribution is 2.08. The van der Waals surface area contributed by atoms with Crippen LogP contribution in [0.4, 0.5) is 0 Å². The smallest absolute Gasteiger partial charge is 0.222 e. The molecule has 0 aliphatic carbocycles. The van der Waals surface area contributed by atoms with Crippen LogP contribution in [0.5, 0.6) is 0 Å². The highest BCUT2D eigenvalue weighted by Gasteiger charge is 2.19. The molecule has 1 unspecified atom stereocenters. The lowest BCUT2D eigenvalue weighted by Gasteiger charge is -2.24. The predicted molar refractivity (Wildman–Crippen MR) is 61.6 cm³/mol. The van der Waals surface area contributed by atoms with Gasteiger partial charge in [-0.25, -0.2) is 0 Å². The van der Waals surface area contributed by atoms with Crippen molar-refractivity contribution < 1.29 is 9.53 Å². The Morgan fingerprint density at radius 1 is 1.53 bits per heavy atom.